The Bertz CT molecular complexity index is 250. The first-order valence-corrected chi connectivity index (χ1v) is 8.05. The Kier molecular flexibility index (Phi) is 5.67. The number of ether oxygens (including phenoxy) is 2. The van der Waals surface area contributed by atoms with Crippen LogP contribution in [0.4, 0.5) is 0 Å². The van der Waals surface area contributed by atoms with Crippen molar-refractivity contribution < 1.29 is 9.47 Å². The van der Waals surface area contributed by atoms with E-state index in [1.54, 1.807) is 0 Å². The highest BCUT2D eigenvalue weighted by Gasteiger charge is 2.33. The Morgan fingerprint density at radius 2 is 1.68 bits per heavy atom. The summed E-state index contributed by atoms with van der Waals surface area (Å²) in [6.45, 7) is 11.1. The van der Waals surface area contributed by atoms with Crippen LogP contribution in [0, 0.1) is 0 Å². The standard InChI is InChI=1S/C16H31NO2/c1-16(2,3)19-15-12-14(13-15)18-11-7-10-17-8-5-4-6-9-17/h14-15H,4-13H2,1-3H3/t14-,15-. The fourth-order valence-electron chi connectivity index (χ4n) is 2.97. The molecule has 0 atom stereocenters. The van der Waals surface area contributed by atoms with Crippen LogP contribution in [-0.2, 0) is 9.47 Å². The number of rotatable bonds is 6. The second-order valence-corrected chi connectivity index (χ2v) is 7.07. The molecule has 2 aliphatic rings. The van der Waals surface area contributed by atoms with Gasteiger partial charge in [0.2, 0.25) is 0 Å². The first-order chi connectivity index (χ1) is 9.03. The number of likely N-dealkylation sites (tertiary alicyclic amines) is 1. The Labute approximate surface area is 118 Å². The third-order valence-electron chi connectivity index (χ3n) is 3.99. The zero-order valence-corrected chi connectivity index (χ0v) is 13.0. The predicted molar refractivity (Wildman–Crippen MR) is 78.5 cm³/mol. The normalized spacial score (nSPS) is 29.2. The highest BCUT2D eigenvalue weighted by Crippen LogP contribution is 2.29. The second kappa shape index (κ2) is 7.05. The second-order valence-electron chi connectivity index (χ2n) is 7.07. The van der Waals surface area contributed by atoms with E-state index in [1.165, 1.54) is 45.3 Å². The number of nitrogens with zero attached hydrogens (tertiary/aromatic N) is 1. The molecule has 0 N–H and O–H groups in total. The van der Waals surface area contributed by atoms with E-state index in [2.05, 4.69) is 25.7 Å². The average Bonchev–Trinajstić information content (AvgIpc) is 2.30. The van der Waals surface area contributed by atoms with Gasteiger partial charge in [-0.2, -0.15) is 0 Å². The van der Waals surface area contributed by atoms with Gasteiger partial charge >= 0.3 is 0 Å². The Balaban J connectivity index is 1.45. The van der Waals surface area contributed by atoms with Crippen molar-refractivity contribution in [3.05, 3.63) is 0 Å². The van der Waals surface area contributed by atoms with Crippen LogP contribution in [0.15, 0.2) is 0 Å². The fourth-order valence-corrected chi connectivity index (χ4v) is 2.97. The van der Waals surface area contributed by atoms with Gasteiger partial charge in [0.25, 0.3) is 0 Å². The molecule has 3 nitrogen and oxygen atoms in total. The third-order valence-corrected chi connectivity index (χ3v) is 3.99. The number of piperidine rings is 1. The zero-order valence-electron chi connectivity index (χ0n) is 13.0. The molecule has 19 heavy (non-hydrogen) atoms. The van der Waals surface area contributed by atoms with Crippen LogP contribution < -0.4 is 0 Å². The largest absolute Gasteiger partial charge is 0.378 e. The highest BCUT2D eigenvalue weighted by atomic mass is 16.5. The molecular weight excluding hydrogens is 238 g/mol. The van der Waals surface area contributed by atoms with E-state index in [-0.39, 0.29) is 5.60 Å². The van der Waals surface area contributed by atoms with E-state index in [4.69, 9.17) is 9.47 Å². The van der Waals surface area contributed by atoms with Crippen LogP contribution in [0.3, 0.4) is 0 Å². The molecule has 112 valence electrons. The highest BCUT2D eigenvalue weighted by molar-refractivity contribution is 4.83. The molecule has 0 aromatic carbocycles. The molecule has 0 bridgehead atoms. The van der Waals surface area contributed by atoms with E-state index in [0.29, 0.717) is 12.2 Å². The van der Waals surface area contributed by atoms with Gasteiger partial charge in [-0.15, -0.1) is 0 Å². The molecule has 2 rings (SSSR count). The van der Waals surface area contributed by atoms with E-state index in [1.807, 2.05) is 0 Å². The summed E-state index contributed by atoms with van der Waals surface area (Å²) in [5.41, 5.74) is -0.0100. The summed E-state index contributed by atoms with van der Waals surface area (Å²) in [5.74, 6) is 0. The lowest BCUT2D eigenvalue weighted by molar-refractivity contribution is -0.148. The summed E-state index contributed by atoms with van der Waals surface area (Å²) in [4.78, 5) is 2.58. The van der Waals surface area contributed by atoms with Gasteiger partial charge in [-0.05, 0) is 66.0 Å². The van der Waals surface area contributed by atoms with Gasteiger partial charge in [0, 0.05) is 13.2 Å². The maximum atomic E-state index is 5.92. The molecule has 0 unspecified atom stereocenters. The maximum absolute atomic E-state index is 5.92. The maximum Gasteiger partial charge on any atom is 0.0631 e. The van der Waals surface area contributed by atoms with E-state index in [9.17, 15) is 0 Å². The summed E-state index contributed by atoms with van der Waals surface area (Å²) in [7, 11) is 0. The minimum atomic E-state index is -0.0100. The molecular formula is C16H31NO2. The van der Waals surface area contributed by atoms with Crippen molar-refractivity contribution in [2.24, 2.45) is 0 Å². The number of hydrogen-bond acceptors (Lipinski definition) is 3. The monoisotopic (exact) mass is 269 g/mol. The van der Waals surface area contributed by atoms with Gasteiger partial charge in [0.05, 0.1) is 17.8 Å². The Hall–Kier alpha value is -0.120. The Morgan fingerprint density at radius 1 is 1.00 bits per heavy atom. The van der Waals surface area contributed by atoms with Gasteiger partial charge in [-0.1, -0.05) is 6.42 Å². The average molecular weight is 269 g/mol. The molecule has 1 saturated heterocycles. The lowest BCUT2D eigenvalue weighted by Crippen LogP contribution is -2.42. The molecule has 0 radical (unpaired) electrons. The summed E-state index contributed by atoms with van der Waals surface area (Å²) in [6.07, 6.45) is 8.42. The third kappa shape index (κ3) is 5.80. The quantitative estimate of drug-likeness (QED) is 0.691. The van der Waals surface area contributed by atoms with Crippen molar-refractivity contribution in [3.63, 3.8) is 0 Å². The lowest BCUT2D eigenvalue weighted by Gasteiger charge is -2.39. The first-order valence-electron chi connectivity index (χ1n) is 8.05. The molecule has 1 aliphatic carbocycles. The van der Waals surface area contributed by atoms with Crippen molar-refractivity contribution in [2.45, 2.75) is 77.1 Å². The summed E-state index contributed by atoms with van der Waals surface area (Å²) in [6, 6.07) is 0. The van der Waals surface area contributed by atoms with Crippen molar-refractivity contribution in [2.75, 3.05) is 26.2 Å². The molecule has 0 aromatic heterocycles. The molecule has 3 heteroatoms. The SMILES string of the molecule is CC(C)(C)O[C@H]1C[C@H](OCCCN2CCCCC2)C1. The molecule has 0 aromatic rings. The fraction of sp³-hybridized carbons (Fsp3) is 1.00. The van der Waals surface area contributed by atoms with Crippen LogP contribution in [0.2, 0.25) is 0 Å². The van der Waals surface area contributed by atoms with Crippen LogP contribution in [-0.4, -0.2) is 49.0 Å². The van der Waals surface area contributed by atoms with Crippen molar-refractivity contribution >= 4 is 0 Å². The molecule has 1 aliphatic heterocycles. The van der Waals surface area contributed by atoms with E-state index >= 15 is 0 Å². The number of hydrogen-bond donors (Lipinski definition) is 0. The van der Waals surface area contributed by atoms with Crippen molar-refractivity contribution in [3.8, 4) is 0 Å². The molecule has 2 fully saturated rings. The van der Waals surface area contributed by atoms with Gasteiger partial charge in [-0.3, -0.25) is 0 Å². The van der Waals surface area contributed by atoms with Gasteiger partial charge in [0.1, 0.15) is 0 Å². The van der Waals surface area contributed by atoms with E-state index in [0.717, 1.165) is 19.4 Å². The molecule has 0 amide bonds. The van der Waals surface area contributed by atoms with Crippen LogP contribution >= 0.6 is 0 Å². The minimum absolute atomic E-state index is 0.0100. The van der Waals surface area contributed by atoms with Crippen molar-refractivity contribution in [1.82, 2.24) is 4.90 Å². The van der Waals surface area contributed by atoms with Gasteiger partial charge in [-0.25, -0.2) is 0 Å². The molecule has 1 saturated carbocycles. The summed E-state index contributed by atoms with van der Waals surface area (Å²) in [5, 5.41) is 0. The Morgan fingerprint density at radius 3 is 2.32 bits per heavy atom. The predicted octanol–water partition coefficient (Wildman–Crippen LogP) is 3.23. The zero-order chi connectivity index (χ0) is 13.7. The molecule has 0 spiro atoms. The van der Waals surface area contributed by atoms with Crippen LogP contribution in [0.25, 0.3) is 0 Å². The van der Waals surface area contributed by atoms with E-state index < -0.39 is 0 Å². The van der Waals surface area contributed by atoms with Gasteiger partial charge in [0.15, 0.2) is 0 Å². The topological polar surface area (TPSA) is 21.7 Å². The van der Waals surface area contributed by atoms with Crippen molar-refractivity contribution in [1.29, 1.82) is 0 Å². The minimum Gasteiger partial charge on any atom is -0.378 e. The smallest absolute Gasteiger partial charge is 0.0631 e. The summed E-state index contributed by atoms with van der Waals surface area (Å²) < 4.78 is 11.8. The van der Waals surface area contributed by atoms with Crippen LogP contribution in [0.1, 0.15) is 59.3 Å². The first kappa shape index (κ1) is 15.3. The lowest BCUT2D eigenvalue weighted by atomic mass is 9.91. The van der Waals surface area contributed by atoms with Gasteiger partial charge < -0.3 is 14.4 Å². The van der Waals surface area contributed by atoms with Crippen LogP contribution in [0.5, 0.6) is 0 Å². The molecule has 1 heterocycles. The summed E-state index contributed by atoms with van der Waals surface area (Å²) >= 11 is 0.